The summed E-state index contributed by atoms with van der Waals surface area (Å²) in [5.74, 6) is 0.357. The lowest BCUT2D eigenvalue weighted by Gasteiger charge is -2.47. The van der Waals surface area contributed by atoms with Crippen molar-refractivity contribution in [2.24, 2.45) is 5.92 Å². The van der Waals surface area contributed by atoms with Crippen LogP contribution in [0.4, 0.5) is 0 Å². The fourth-order valence-electron chi connectivity index (χ4n) is 2.46. The van der Waals surface area contributed by atoms with Crippen molar-refractivity contribution in [3.8, 4) is 5.75 Å². The van der Waals surface area contributed by atoms with Crippen LogP contribution in [0, 0.1) is 5.92 Å². The third-order valence-corrected chi connectivity index (χ3v) is 3.65. The molecule has 1 heterocycles. The van der Waals surface area contributed by atoms with E-state index < -0.39 is 5.60 Å². The Morgan fingerprint density at radius 2 is 2.06 bits per heavy atom. The quantitative estimate of drug-likeness (QED) is 0.800. The number of hydrogen-bond acceptors (Lipinski definition) is 3. The van der Waals surface area contributed by atoms with E-state index in [1.165, 1.54) is 12.1 Å². The number of carbonyl (C=O) groups is 1. The maximum Gasteiger partial charge on any atom is 0.254 e. The van der Waals surface area contributed by atoms with Crippen molar-refractivity contribution in [2.75, 3.05) is 13.1 Å². The molecular formula is C13H15NO3. The summed E-state index contributed by atoms with van der Waals surface area (Å²) in [4.78, 5) is 13.6. The molecule has 1 aliphatic carbocycles. The van der Waals surface area contributed by atoms with Crippen LogP contribution >= 0.6 is 0 Å². The van der Waals surface area contributed by atoms with Crippen molar-refractivity contribution in [3.63, 3.8) is 0 Å². The van der Waals surface area contributed by atoms with E-state index in [1.807, 2.05) is 0 Å². The van der Waals surface area contributed by atoms with Gasteiger partial charge in [-0.3, -0.25) is 4.79 Å². The van der Waals surface area contributed by atoms with Crippen molar-refractivity contribution >= 4 is 5.91 Å². The first-order valence-electron chi connectivity index (χ1n) is 5.89. The molecule has 0 spiro atoms. The second kappa shape index (κ2) is 3.47. The van der Waals surface area contributed by atoms with E-state index in [9.17, 15) is 15.0 Å². The number of nitrogens with zero attached hydrogens (tertiary/aromatic N) is 1. The highest BCUT2D eigenvalue weighted by molar-refractivity contribution is 5.95. The minimum atomic E-state index is -0.646. The summed E-state index contributed by atoms with van der Waals surface area (Å²) in [5, 5.41) is 19.4. The molecule has 0 bridgehead atoms. The summed E-state index contributed by atoms with van der Waals surface area (Å²) in [6.45, 7) is 0.846. The molecule has 1 saturated carbocycles. The monoisotopic (exact) mass is 233 g/mol. The fourth-order valence-corrected chi connectivity index (χ4v) is 2.46. The molecule has 0 radical (unpaired) electrons. The number of amides is 1. The Bertz CT molecular complexity index is 461. The summed E-state index contributed by atoms with van der Waals surface area (Å²) >= 11 is 0. The summed E-state index contributed by atoms with van der Waals surface area (Å²) in [7, 11) is 0. The number of rotatable bonds is 2. The smallest absolute Gasteiger partial charge is 0.254 e. The average molecular weight is 233 g/mol. The van der Waals surface area contributed by atoms with E-state index in [-0.39, 0.29) is 11.7 Å². The van der Waals surface area contributed by atoms with Crippen LogP contribution in [-0.2, 0) is 0 Å². The van der Waals surface area contributed by atoms with Crippen molar-refractivity contribution < 1.29 is 15.0 Å². The zero-order valence-corrected chi connectivity index (χ0v) is 9.47. The highest BCUT2D eigenvalue weighted by Gasteiger charge is 2.53. The van der Waals surface area contributed by atoms with Gasteiger partial charge >= 0.3 is 0 Å². The highest BCUT2D eigenvalue weighted by atomic mass is 16.3. The molecule has 4 heteroatoms. The second-order valence-corrected chi connectivity index (χ2v) is 5.09. The molecule has 2 aliphatic rings. The van der Waals surface area contributed by atoms with Gasteiger partial charge < -0.3 is 15.1 Å². The van der Waals surface area contributed by atoms with Crippen LogP contribution in [0.2, 0.25) is 0 Å². The first-order valence-corrected chi connectivity index (χ1v) is 5.89. The molecule has 1 aromatic carbocycles. The van der Waals surface area contributed by atoms with E-state index in [1.54, 1.807) is 17.0 Å². The van der Waals surface area contributed by atoms with E-state index >= 15 is 0 Å². The molecule has 1 aromatic rings. The van der Waals surface area contributed by atoms with Crippen molar-refractivity contribution in [1.29, 1.82) is 0 Å². The Kier molecular flexibility index (Phi) is 2.16. The first-order chi connectivity index (χ1) is 8.08. The average Bonchev–Trinajstić information content (AvgIpc) is 3.08. The third kappa shape index (κ3) is 1.78. The van der Waals surface area contributed by atoms with E-state index in [2.05, 4.69) is 0 Å². The molecule has 3 rings (SSSR count). The summed E-state index contributed by atoms with van der Waals surface area (Å²) in [6, 6.07) is 6.32. The zero-order chi connectivity index (χ0) is 12.0. The van der Waals surface area contributed by atoms with Gasteiger partial charge in [0.25, 0.3) is 5.91 Å². The van der Waals surface area contributed by atoms with Crippen LogP contribution in [0.25, 0.3) is 0 Å². The lowest BCUT2D eigenvalue weighted by molar-refractivity contribution is -0.0958. The number of β-amino-alcohol motifs (C(OH)–C–C–N with tert-alkyl or cyclic N) is 1. The Morgan fingerprint density at radius 3 is 2.65 bits per heavy atom. The maximum atomic E-state index is 12.0. The number of hydrogen-bond donors (Lipinski definition) is 2. The third-order valence-electron chi connectivity index (χ3n) is 3.65. The number of phenolic OH excluding ortho intramolecular Hbond substituents is 1. The van der Waals surface area contributed by atoms with E-state index in [4.69, 9.17) is 0 Å². The number of phenols is 1. The van der Waals surface area contributed by atoms with Crippen LogP contribution in [0.3, 0.4) is 0 Å². The molecule has 1 aliphatic heterocycles. The van der Waals surface area contributed by atoms with Crippen LogP contribution in [-0.4, -0.2) is 39.7 Å². The predicted octanol–water partition coefficient (Wildman–Crippen LogP) is 0.989. The molecule has 0 unspecified atom stereocenters. The van der Waals surface area contributed by atoms with Crippen LogP contribution in [0.15, 0.2) is 24.3 Å². The van der Waals surface area contributed by atoms with Crippen molar-refractivity contribution in [1.82, 2.24) is 4.90 Å². The number of aliphatic hydroxyl groups is 1. The van der Waals surface area contributed by atoms with E-state index in [0.29, 0.717) is 24.6 Å². The van der Waals surface area contributed by atoms with Gasteiger partial charge in [0.15, 0.2) is 0 Å². The highest BCUT2D eigenvalue weighted by Crippen LogP contribution is 2.44. The molecule has 17 heavy (non-hydrogen) atoms. The van der Waals surface area contributed by atoms with Gasteiger partial charge in [0.05, 0.1) is 13.1 Å². The van der Waals surface area contributed by atoms with E-state index in [0.717, 1.165) is 12.8 Å². The van der Waals surface area contributed by atoms with Gasteiger partial charge in [-0.2, -0.15) is 0 Å². The summed E-state index contributed by atoms with van der Waals surface area (Å²) in [6.07, 6.45) is 2.15. The van der Waals surface area contributed by atoms with Crippen molar-refractivity contribution in [2.45, 2.75) is 18.4 Å². The molecule has 4 nitrogen and oxygen atoms in total. The number of carbonyl (C=O) groups excluding carboxylic acids is 1. The molecule has 0 aromatic heterocycles. The van der Waals surface area contributed by atoms with Gasteiger partial charge in [-0.05, 0) is 37.0 Å². The normalized spacial score (nSPS) is 22.1. The Hall–Kier alpha value is -1.55. The molecule has 2 fully saturated rings. The fraction of sp³-hybridized carbons (Fsp3) is 0.462. The SMILES string of the molecule is O=C(c1cccc(O)c1)N1CC(O)(C2CC2)C1. The maximum absolute atomic E-state index is 12.0. The molecule has 2 N–H and O–H groups in total. The zero-order valence-electron chi connectivity index (χ0n) is 9.47. The van der Waals surface area contributed by atoms with Gasteiger partial charge in [0.1, 0.15) is 11.4 Å². The Morgan fingerprint density at radius 1 is 1.35 bits per heavy atom. The number of benzene rings is 1. The molecule has 1 saturated heterocycles. The Balaban J connectivity index is 1.69. The van der Waals surface area contributed by atoms with Gasteiger partial charge in [0, 0.05) is 5.56 Å². The number of likely N-dealkylation sites (tertiary alicyclic amines) is 1. The Labute approximate surface area is 99.5 Å². The summed E-state index contributed by atoms with van der Waals surface area (Å²) < 4.78 is 0. The topological polar surface area (TPSA) is 60.8 Å². The van der Waals surface area contributed by atoms with Crippen molar-refractivity contribution in [3.05, 3.63) is 29.8 Å². The standard InChI is InChI=1S/C13H15NO3/c15-11-3-1-2-9(6-11)12(16)14-7-13(17,8-14)10-4-5-10/h1-3,6,10,15,17H,4-5,7-8H2. The first kappa shape index (κ1) is 10.6. The predicted molar refractivity (Wildman–Crippen MR) is 61.7 cm³/mol. The van der Waals surface area contributed by atoms with Crippen LogP contribution in [0.5, 0.6) is 5.75 Å². The van der Waals surface area contributed by atoms with Crippen LogP contribution < -0.4 is 0 Å². The number of aromatic hydroxyl groups is 1. The summed E-state index contributed by atoms with van der Waals surface area (Å²) in [5.41, 5.74) is -0.171. The van der Waals surface area contributed by atoms with Gasteiger partial charge in [-0.15, -0.1) is 0 Å². The lowest BCUT2D eigenvalue weighted by Crippen LogP contribution is -2.64. The molecule has 0 atom stereocenters. The minimum absolute atomic E-state index is 0.0915. The minimum Gasteiger partial charge on any atom is -0.508 e. The molecule has 90 valence electrons. The molecular weight excluding hydrogens is 218 g/mol. The lowest BCUT2D eigenvalue weighted by atomic mass is 9.88. The largest absolute Gasteiger partial charge is 0.508 e. The molecule has 1 amide bonds. The van der Waals surface area contributed by atoms with Gasteiger partial charge in [-0.1, -0.05) is 6.07 Å². The second-order valence-electron chi connectivity index (χ2n) is 5.09. The van der Waals surface area contributed by atoms with Crippen LogP contribution in [0.1, 0.15) is 23.2 Å². The van der Waals surface area contributed by atoms with Gasteiger partial charge in [-0.25, -0.2) is 0 Å². The van der Waals surface area contributed by atoms with Gasteiger partial charge in [0.2, 0.25) is 0 Å².